The molecule has 6 saturated carbocycles. The second kappa shape index (κ2) is 10.0. The lowest BCUT2D eigenvalue weighted by molar-refractivity contribution is -0.137. The zero-order valence-corrected chi connectivity index (χ0v) is 27.5. The summed E-state index contributed by atoms with van der Waals surface area (Å²) in [4.78, 5) is 0. The number of hydrogen-bond donors (Lipinski definition) is 0. The van der Waals surface area contributed by atoms with Crippen LogP contribution in [0.5, 0.6) is 0 Å². The van der Waals surface area contributed by atoms with Crippen molar-refractivity contribution in [3.05, 3.63) is 0 Å². The molecule has 37 heavy (non-hydrogen) atoms. The van der Waals surface area contributed by atoms with Crippen molar-refractivity contribution < 1.29 is 8.85 Å². The van der Waals surface area contributed by atoms with Gasteiger partial charge < -0.3 is 8.85 Å². The molecule has 6 aliphatic carbocycles. The molecule has 0 N–H and O–H groups in total. The monoisotopic (exact) mass is 544 g/mol. The summed E-state index contributed by atoms with van der Waals surface area (Å²) in [7, 11) is -3.48. The smallest absolute Gasteiger partial charge is 0.184 e. The summed E-state index contributed by atoms with van der Waals surface area (Å²) in [5.74, 6) is 6.94. The van der Waals surface area contributed by atoms with Gasteiger partial charge in [-0.05, 0) is 138 Å². The Bertz CT molecular complexity index is 702. The second-order valence-electron chi connectivity index (χ2n) is 16.7. The van der Waals surface area contributed by atoms with E-state index in [1.165, 1.54) is 109 Å². The first-order valence-corrected chi connectivity index (χ1v) is 23.8. The molecule has 6 rings (SSSR count). The Hall–Kier alpha value is 0.354. The van der Waals surface area contributed by atoms with Crippen molar-refractivity contribution in [3.63, 3.8) is 0 Å². The lowest BCUT2D eigenvalue weighted by Gasteiger charge is -2.56. The van der Waals surface area contributed by atoms with Crippen molar-refractivity contribution in [2.24, 2.45) is 47.3 Å². The normalized spacial score (nSPS) is 48.2. The molecule has 4 heteroatoms. The molecular formula is C33H60O2Si2. The predicted octanol–water partition coefficient (Wildman–Crippen LogP) is 9.81. The minimum atomic E-state index is -1.74. The Labute approximate surface area is 232 Å². The molecule has 0 aromatic heterocycles. The van der Waals surface area contributed by atoms with Crippen LogP contribution >= 0.6 is 0 Å². The van der Waals surface area contributed by atoms with Gasteiger partial charge in [0, 0.05) is 6.42 Å². The Balaban J connectivity index is 1.50. The van der Waals surface area contributed by atoms with Crippen molar-refractivity contribution in [2.45, 2.75) is 160 Å². The molecule has 8 atom stereocenters. The molecular weight excluding hydrogens is 485 g/mol. The van der Waals surface area contributed by atoms with Crippen LogP contribution < -0.4 is 0 Å². The Morgan fingerprint density at radius 2 is 0.676 bits per heavy atom. The van der Waals surface area contributed by atoms with Gasteiger partial charge in [0.2, 0.25) is 0 Å². The number of fused-ring (bicyclic) bond motifs is 6. The van der Waals surface area contributed by atoms with Crippen LogP contribution in [-0.2, 0) is 8.85 Å². The van der Waals surface area contributed by atoms with E-state index >= 15 is 0 Å². The molecule has 0 spiro atoms. The third-order valence-electron chi connectivity index (χ3n) is 12.4. The zero-order valence-electron chi connectivity index (χ0n) is 25.5. The number of hydrogen-bond acceptors (Lipinski definition) is 2. The summed E-state index contributed by atoms with van der Waals surface area (Å²) in [6.45, 7) is 15.1. The predicted molar refractivity (Wildman–Crippen MR) is 161 cm³/mol. The van der Waals surface area contributed by atoms with Gasteiger partial charge in [-0.15, -0.1) is 0 Å². The van der Waals surface area contributed by atoms with E-state index in [2.05, 4.69) is 39.3 Å². The van der Waals surface area contributed by atoms with E-state index in [9.17, 15) is 0 Å². The molecule has 0 aliphatic heterocycles. The van der Waals surface area contributed by atoms with Gasteiger partial charge in [0.1, 0.15) is 0 Å². The molecule has 0 amide bonds. The van der Waals surface area contributed by atoms with Crippen LogP contribution in [0.2, 0.25) is 39.3 Å². The van der Waals surface area contributed by atoms with Crippen molar-refractivity contribution in [1.82, 2.24) is 0 Å². The van der Waals surface area contributed by atoms with Crippen LogP contribution in [0.1, 0.15) is 109 Å². The van der Waals surface area contributed by atoms with Gasteiger partial charge in [0.15, 0.2) is 16.6 Å². The summed E-state index contributed by atoms with van der Waals surface area (Å²) < 4.78 is 15.7. The van der Waals surface area contributed by atoms with Crippen LogP contribution in [-0.4, -0.2) is 27.8 Å². The summed E-state index contributed by atoms with van der Waals surface area (Å²) in [6, 6.07) is 0. The molecule has 0 heterocycles. The first kappa shape index (κ1) is 27.5. The Morgan fingerprint density at radius 3 is 0.919 bits per heavy atom. The van der Waals surface area contributed by atoms with E-state index in [0.717, 1.165) is 47.3 Å². The van der Waals surface area contributed by atoms with Gasteiger partial charge in [0.25, 0.3) is 0 Å². The summed E-state index contributed by atoms with van der Waals surface area (Å²) in [5.41, 5.74) is 0.184. The topological polar surface area (TPSA) is 18.5 Å². The van der Waals surface area contributed by atoms with E-state index in [-0.39, 0.29) is 11.2 Å². The van der Waals surface area contributed by atoms with E-state index in [0.29, 0.717) is 0 Å². The SMILES string of the molecule is C[Si](C)(C)OC1(CC2(O[Si](C)(C)C)C3CCCCC3C3CCCCC32)C2CCCCC2C2CCCCC21. The van der Waals surface area contributed by atoms with Gasteiger partial charge in [-0.2, -0.15) is 0 Å². The average Bonchev–Trinajstić information content (AvgIpc) is 3.26. The van der Waals surface area contributed by atoms with Gasteiger partial charge >= 0.3 is 0 Å². The lowest BCUT2D eigenvalue weighted by atomic mass is 9.63. The quantitative estimate of drug-likeness (QED) is 0.310. The maximum atomic E-state index is 7.86. The lowest BCUT2D eigenvalue weighted by Crippen LogP contribution is -2.61. The summed E-state index contributed by atoms with van der Waals surface area (Å²) in [6.07, 6.45) is 24.6. The number of rotatable bonds is 6. The van der Waals surface area contributed by atoms with Gasteiger partial charge in [0.05, 0.1) is 11.2 Å². The fourth-order valence-electron chi connectivity index (χ4n) is 12.1. The molecule has 0 aromatic carbocycles. The van der Waals surface area contributed by atoms with Crippen molar-refractivity contribution in [1.29, 1.82) is 0 Å². The zero-order chi connectivity index (χ0) is 26.1. The van der Waals surface area contributed by atoms with E-state index in [1.54, 1.807) is 0 Å². The molecule has 6 fully saturated rings. The molecule has 6 aliphatic rings. The second-order valence-corrected chi connectivity index (χ2v) is 25.6. The minimum Gasteiger partial charge on any atom is -0.411 e. The summed E-state index contributed by atoms with van der Waals surface area (Å²) >= 11 is 0. The molecule has 0 radical (unpaired) electrons. The average molecular weight is 545 g/mol. The van der Waals surface area contributed by atoms with E-state index in [4.69, 9.17) is 8.85 Å². The third kappa shape index (κ3) is 4.82. The van der Waals surface area contributed by atoms with Crippen LogP contribution in [0.15, 0.2) is 0 Å². The highest BCUT2D eigenvalue weighted by molar-refractivity contribution is 6.70. The first-order chi connectivity index (χ1) is 17.5. The molecule has 2 nitrogen and oxygen atoms in total. The van der Waals surface area contributed by atoms with E-state index < -0.39 is 16.6 Å². The third-order valence-corrected chi connectivity index (χ3v) is 14.4. The highest BCUT2D eigenvalue weighted by atomic mass is 28.4. The van der Waals surface area contributed by atoms with Crippen molar-refractivity contribution in [2.75, 3.05) is 0 Å². The van der Waals surface area contributed by atoms with Crippen LogP contribution in [0.25, 0.3) is 0 Å². The van der Waals surface area contributed by atoms with E-state index in [1.807, 2.05) is 0 Å². The Kier molecular flexibility index (Phi) is 7.45. The Morgan fingerprint density at radius 1 is 0.432 bits per heavy atom. The van der Waals surface area contributed by atoms with Crippen LogP contribution in [0.4, 0.5) is 0 Å². The maximum Gasteiger partial charge on any atom is 0.184 e. The van der Waals surface area contributed by atoms with Gasteiger partial charge in [-0.3, -0.25) is 0 Å². The van der Waals surface area contributed by atoms with Crippen LogP contribution in [0.3, 0.4) is 0 Å². The van der Waals surface area contributed by atoms with Crippen molar-refractivity contribution >= 4 is 16.6 Å². The molecule has 0 aromatic rings. The molecule has 0 saturated heterocycles. The largest absolute Gasteiger partial charge is 0.411 e. The standard InChI is InChI=1S/C33H60O2Si2/c1-36(2,3)34-32(28-19-11-7-15-24(28)25-16-8-12-20-29(25)32)23-33(35-37(4,5)6)30-21-13-9-17-26(30)27-18-10-14-22-31(27)33/h24-31H,7-23H2,1-6H3. The highest BCUT2D eigenvalue weighted by Crippen LogP contribution is 2.69. The first-order valence-electron chi connectivity index (χ1n) is 16.9. The minimum absolute atomic E-state index is 0.0919. The molecule has 0 bridgehead atoms. The highest BCUT2D eigenvalue weighted by Gasteiger charge is 2.69. The maximum absolute atomic E-state index is 7.86. The fraction of sp³-hybridized carbons (Fsp3) is 1.00. The van der Waals surface area contributed by atoms with Crippen LogP contribution in [0, 0.1) is 47.3 Å². The molecule has 8 unspecified atom stereocenters. The summed E-state index contributed by atoms with van der Waals surface area (Å²) in [5, 5.41) is 0. The van der Waals surface area contributed by atoms with Crippen molar-refractivity contribution in [3.8, 4) is 0 Å². The van der Waals surface area contributed by atoms with Gasteiger partial charge in [-0.25, -0.2) is 0 Å². The molecule has 212 valence electrons. The fourth-order valence-corrected chi connectivity index (χ4v) is 15.2. The van der Waals surface area contributed by atoms with Gasteiger partial charge in [-0.1, -0.05) is 51.4 Å².